The fourth-order valence-corrected chi connectivity index (χ4v) is 2.84. The number of fused-ring (bicyclic) bond motifs is 1. The van der Waals surface area contributed by atoms with Gasteiger partial charge < -0.3 is 4.52 Å². The lowest BCUT2D eigenvalue weighted by atomic mass is 10.1. The molecule has 80 valence electrons. The highest BCUT2D eigenvalue weighted by Crippen LogP contribution is 2.35. The van der Waals surface area contributed by atoms with Gasteiger partial charge in [-0.05, 0) is 36.1 Å². The molecule has 0 bridgehead atoms. The zero-order valence-corrected chi connectivity index (χ0v) is 10.1. The van der Waals surface area contributed by atoms with E-state index in [4.69, 9.17) is 16.1 Å². The van der Waals surface area contributed by atoms with E-state index in [2.05, 4.69) is 23.5 Å². The quantitative estimate of drug-likeness (QED) is 0.634. The lowest BCUT2D eigenvalue weighted by Gasteiger charge is -1.94. The van der Waals surface area contributed by atoms with Gasteiger partial charge in [-0.2, -0.15) is 0 Å². The number of benzene rings is 1. The highest BCUT2D eigenvalue weighted by atomic mass is 35.5. The Morgan fingerprint density at radius 3 is 2.94 bits per heavy atom. The Hall–Kier alpha value is -1.32. The lowest BCUT2D eigenvalue weighted by Crippen LogP contribution is -1.76. The number of para-hydroxylation sites is 1. The summed E-state index contributed by atoms with van der Waals surface area (Å²) >= 11 is 7.70. The van der Waals surface area contributed by atoms with Gasteiger partial charge in [-0.25, -0.2) is 0 Å². The Morgan fingerprint density at radius 1 is 1.31 bits per heavy atom. The number of hydrogen-bond donors (Lipinski definition) is 0. The van der Waals surface area contributed by atoms with Crippen LogP contribution in [0.4, 0.5) is 0 Å². The molecule has 2 heterocycles. The van der Waals surface area contributed by atoms with Gasteiger partial charge in [-0.3, -0.25) is 0 Å². The van der Waals surface area contributed by atoms with E-state index < -0.39 is 0 Å². The van der Waals surface area contributed by atoms with Gasteiger partial charge >= 0.3 is 0 Å². The summed E-state index contributed by atoms with van der Waals surface area (Å²) in [5.74, 6) is 0. The summed E-state index contributed by atoms with van der Waals surface area (Å²) in [4.78, 5) is 1.14. The first-order valence-corrected chi connectivity index (χ1v) is 6.11. The molecule has 1 aromatic carbocycles. The van der Waals surface area contributed by atoms with Crippen LogP contribution in [-0.2, 0) is 0 Å². The normalized spacial score (nSPS) is 11.1. The molecule has 0 N–H and O–H groups in total. The topological polar surface area (TPSA) is 26.0 Å². The second-order valence-electron chi connectivity index (χ2n) is 3.58. The van der Waals surface area contributed by atoms with Crippen molar-refractivity contribution < 1.29 is 4.52 Å². The highest BCUT2D eigenvalue weighted by Gasteiger charge is 2.14. The van der Waals surface area contributed by atoms with E-state index in [0.717, 1.165) is 16.0 Å². The molecule has 0 radical (unpaired) electrons. The van der Waals surface area contributed by atoms with Gasteiger partial charge in [0.1, 0.15) is 5.69 Å². The zero-order valence-electron chi connectivity index (χ0n) is 8.53. The number of rotatable bonds is 1. The molecule has 3 aromatic rings. The molecule has 0 amide bonds. The predicted molar refractivity (Wildman–Crippen MR) is 67.1 cm³/mol. The Labute approximate surface area is 101 Å². The van der Waals surface area contributed by atoms with Crippen molar-refractivity contribution in [2.75, 3.05) is 0 Å². The van der Waals surface area contributed by atoms with E-state index in [1.54, 1.807) is 17.4 Å². The summed E-state index contributed by atoms with van der Waals surface area (Å²) in [7, 11) is 0. The van der Waals surface area contributed by atoms with Crippen LogP contribution in [0.15, 0.2) is 34.2 Å². The Bertz CT molecular complexity index is 656. The van der Waals surface area contributed by atoms with Crippen molar-refractivity contribution in [2.45, 2.75) is 6.92 Å². The van der Waals surface area contributed by atoms with E-state index in [-0.39, 0.29) is 0 Å². The van der Waals surface area contributed by atoms with Crippen LogP contribution in [0.5, 0.6) is 0 Å². The maximum Gasteiger partial charge on any atom is 0.186 e. The number of aromatic nitrogens is 1. The highest BCUT2D eigenvalue weighted by molar-refractivity contribution is 7.13. The number of hydrogen-bond acceptors (Lipinski definition) is 3. The SMILES string of the molecule is Cc1ccsc1-c1noc2c(Cl)cccc12. The molecule has 3 rings (SSSR count). The molecule has 0 aliphatic carbocycles. The molecular formula is C12H8ClNOS. The van der Waals surface area contributed by atoms with Gasteiger partial charge in [0.05, 0.1) is 15.3 Å². The molecule has 0 aliphatic heterocycles. The molecule has 0 atom stereocenters. The molecule has 16 heavy (non-hydrogen) atoms. The molecule has 0 fully saturated rings. The first kappa shape index (κ1) is 9.87. The summed E-state index contributed by atoms with van der Waals surface area (Å²) in [5, 5.41) is 7.73. The van der Waals surface area contributed by atoms with E-state index in [1.165, 1.54) is 5.56 Å². The molecule has 2 aromatic heterocycles. The molecular weight excluding hydrogens is 242 g/mol. The van der Waals surface area contributed by atoms with Crippen molar-refractivity contribution in [3.63, 3.8) is 0 Å². The molecule has 4 heteroatoms. The van der Waals surface area contributed by atoms with Gasteiger partial charge in [-0.1, -0.05) is 22.8 Å². The van der Waals surface area contributed by atoms with E-state index in [1.807, 2.05) is 12.1 Å². The van der Waals surface area contributed by atoms with E-state index >= 15 is 0 Å². The van der Waals surface area contributed by atoms with Gasteiger partial charge in [0.2, 0.25) is 0 Å². The largest absolute Gasteiger partial charge is 0.354 e. The van der Waals surface area contributed by atoms with Crippen molar-refractivity contribution >= 4 is 33.9 Å². The molecule has 0 saturated heterocycles. The Balaban J connectivity index is 2.34. The summed E-state index contributed by atoms with van der Waals surface area (Å²) in [6.45, 7) is 2.07. The van der Waals surface area contributed by atoms with Crippen molar-refractivity contribution in [1.29, 1.82) is 0 Å². The average Bonchev–Trinajstić information content (AvgIpc) is 2.84. The minimum absolute atomic E-state index is 0.602. The molecule has 2 nitrogen and oxygen atoms in total. The van der Waals surface area contributed by atoms with Gasteiger partial charge in [0, 0.05) is 0 Å². The third kappa shape index (κ3) is 1.36. The maximum atomic E-state index is 6.04. The fraction of sp³-hybridized carbons (Fsp3) is 0.0833. The molecule has 0 unspecified atom stereocenters. The predicted octanol–water partition coefficient (Wildman–Crippen LogP) is 4.52. The number of halogens is 1. The Morgan fingerprint density at radius 2 is 2.19 bits per heavy atom. The van der Waals surface area contributed by atoms with Crippen molar-refractivity contribution in [1.82, 2.24) is 5.16 Å². The molecule has 0 spiro atoms. The van der Waals surface area contributed by atoms with Crippen molar-refractivity contribution in [3.8, 4) is 10.6 Å². The number of aryl methyl sites for hydroxylation is 1. The van der Waals surface area contributed by atoms with Crippen LogP contribution in [0.25, 0.3) is 21.5 Å². The minimum atomic E-state index is 0.602. The minimum Gasteiger partial charge on any atom is -0.354 e. The number of nitrogens with zero attached hydrogens (tertiary/aromatic N) is 1. The summed E-state index contributed by atoms with van der Waals surface area (Å²) < 4.78 is 5.28. The summed E-state index contributed by atoms with van der Waals surface area (Å²) in [6, 6.07) is 7.77. The average molecular weight is 250 g/mol. The van der Waals surface area contributed by atoms with Crippen molar-refractivity contribution in [2.24, 2.45) is 0 Å². The van der Waals surface area contributed by atoms with Gasteiger partial charge in [0.25, 0.3) is 0 Å². The van der Waals surface area contributed by atoms with E-state index in [9.17, 15) is 0 Å². The van der Waals surface area contributed by atoms with Crippen LogP contribution in [0.1, 0.15) is 5.56 Å². The van der Waals surface area contributed by atoms with Crippen LogP contribution in [0, 0.1) is 6.92 Å². The fourth-order valence-electron chi connectivity index (χ4n) is 1.71. The number of thiophene rings is 1. The lowest BCUT2D eigenvalue weighted by molar-refractivity contribution is 0.460. The summed E-state index contributed by atoms with van der Waals surface area (Å²) in [5.41, 5.74) is 2.75. The molecule has 0 saturated carbocycles. The first-order chi connectivity index (χ1) is 7.77. The van der Waals surface area contributed by atoms with Crippen molar-refractivity contribution in [3.05, 3.63) is 40.2 Å². The van der Waals surface area contributed by atoms with Gasteiger partial charge in [-0.15, -0.1) is 11.3 Å². The third-order valence-corrected chi connectivity index (χ3v) is 3.85. The second-order valence-corrected chi connectivity index (χ2v) is 4.90. The van der Waals surface area contributed by atoms with Crippen LogP contribution < -0.4 is 0 Å². The maximum absolute atomic E-state index is 6.04. The zero-order chi connectivity index (χ0) is 11.1. The smallest absolute Gasteiger partial charge is 0.186 e. The molecule has 0 aliphatic rings. The second kappa shape index (κ2) is 3.61. The summed E-state index contributed by atoms with van der Waals surface area (Å²) in [6.07, 6.45) is 0. The van der Waals surface area contributed by atoms with Crippen LogP contribution in [-0.4, -0.2) is 5.16 Å². The van der Waals surface area contributed by atoms with Crippen LogP contribution >= 0.6 is 22.9 Å². The van der Waals surface area contributed by atoms with Crippen LogP contribution in [0.3, 0.4) is 0 Å². The van der Waals surface area contributed by atoms with Gasteiger partial charge in [0.15, 0.2) is 5.58 Å². The van der Waals surface area contributed by atoms with Crippen LogP contribution in [0.2, 0.25) is 5.02 Å². The third-order valence-electron chi connectivity index (χ3n) is 2.53. The monoisotopic (exact) mass is 249 g/mol. The van der Waals surface area contributed by atoms with E-state index in [0.29, 0.717) is 10.6 Å². The Kier molecular flexibility index (Phi) is 2.23. The standard InChI is InChI=1S/C12H8ClNOS/c1-7-5-6-16-12(7)10-8-3-2-4-9(13)11(8)15-14-10/h2-6H,1H3. The first-order valence-electron chi connectivity index (χ1n) is 4.86.